The first-order valence-electron chi connectivity index (χ1n) is 12.2. The Morgan fingerprint density at radius 1 is 0.538 bits per heavy atom. The third kappa shape index (κ3) is 30.8. The third-order valence-corrected chi connectivity index (χ3v) is 4.45. The van der Waals surface area contributed by atoms with E-state index in [2.05, 4.69) is 11.7 Å². The molecule has 0 radical (unpaired) electrons. The van der Waals surface area contributed by atoms with Gasteiger partial charge in [-0.2, -0.15) is 61.5 Å². The zero-order valence-corrected chi connectivity index (χ0v) is 34.0. The van der Waals surface area contributed by atoms with E-state index in [0.29, 0.717) is 5.75 Å². The molecule has 0 saturated carbocycles. The Hall–Kier alpha value is -1.65. The van der Waals surface area contributed by atoms with E-state index in [0.717, 1.165) is 23.6 Å². The first-order valence-corrected chi connectivity index (χ1v) is 12.2. The molecule has 0 aliphatic heterocycles. The molecule has 0 aliphatic carbocycles. The molecule has 286 valence electrons. The Morgan fingerprint density at radius 3 is 1.06 bits per heavy atom. The zero-order valence-electron chi connectivity index (χ0n) is 27.8. The molecule has 0 aliphatic rings. The predicted octanol–water partition coefficient (Wildman–Crippen LogP) is 4.61. The van der Waals surface area contributed by atoms with Crippen molar-refractivity contribution >= 4 is 0 Å². The largest absolute Gasteiger partial charge is 1.00 e. The van der Waals surface area contributed by atoms with Gasteiger partial charge in [-0.1, -0.05) is 17.7 Å². The fourth-order valence-corrected chi connectivity index (χ4v) is 2.21. The molecular formula is C29H28F14K2O7. The summed E-state index contributed by atoms with van der Waals surface area (Å²) in [5.74, 6) is -1.32. The molecule has 0 heterocycles. The average Bonchev–Trinajstić information content (AvgIpc) is 3.02. The van der Waals surface area contributed by atoms with Crippen LogP contribution in [0.25, 0.3) is 0 Å². The van der Waals surface area contributed by atoms with Gasteiger partial charge < -0.3 is 35.0 Å². The monoisotopic (exact) mass is 832 g/mol. The van der Waals surface area contributed by atoms with Gasteiger partial charge in [0.05, 0.1) is 21.3 Å². The van der Waals surface area contributed by atoms with Crippen molar-refractivity contribution < 1.29 is 199 Å². The van der Waals surface area contributed by atoms with Gasteiger partial charge in [0.25, 0.3) is 5.83 Å². The fraction of sp³-hybridized carbons (Fsp3) is 0.241. The molecule has 3 aromatic carbocycles. The smallest absolute Gasteiger partial charge is 0.870 e. The summed E-state index contributed by atoms with van der Waals surface area (Å²) in [6.45, 7) is 2.06. The van der Waals surface area contributed by atoms with Gasteiger partial charge in [0.1, 0.15) is 28.7 Å². The van der Waals surface area contributed by atoms with Crippen molar-refractivity contribution in [1.82, 2.24) is 0 Å². The summed E-state index contributed by atoms with van der Waals surface area (Å²) in [7, 11) is 4.65. The molecule has 3 aromatic rings. The van der Waals surface area contributed by atoms with Gasteiger partial charge in [-0.05, 0) is 67.6 Å². The van der Waals surface area contributed by atoms with Crippen LogP contribution in [0.1, 0.15) is 5.56 Å². The van der Waals surface area contributed by atoms with E-state index >= 15 is 0 Å². The minimum atomic E-state index is -5.56. The molecule has 0 aromatic heterocycles. The van der Waals surface area contributed by atoms with Gasteiger partial charge in [-0.3, -0.25) is 0 Å². The Morgan fingerprint density at radius 2 is 0.827 bits per heavy atom. The molecule has 0 spiro atoms. The number of alkyl halides is 7. The summed E-state index contributed by atoms with van der Waals surface area (Å²) >= 11 is 0. The number of rotatable bonds is 6. The normalized spacial score (nSPS) is 9.37. The van der Waals surface area contributed by atoms with Gasteiger partial charge in [0.2, 0.25) is 0 Å². The van der Waals surface area contributed by atoms with Crippen LogP contribution in [0.2, 0.25) is 0 Å². The first-order chi connectivity index (χ1) is 22.1. The van der Waals surface area contributed by atoms with Crippen molar-refractivity contribution in [2.24, 2.45) is 0 Å². The molecule has 7 nitrogen and oxygen atoms in total. The second-order valence-electron chi connectivity index (χ2n) is 7.95. The number of methoxy groups -OCH3 is 3. The molecule has 3 rings (SSSR count). The Kier molecular flexibility index (Phi) is 39.3. The SMILES string of the molecule is COc1ccc(C)cc1.COc1ccc(O)cc1.COc1ccc(OC(F)(F)C(F)F)cc1.FC(F)=C(F)C(F)(F)F.FC(F)=C(F)F.[K+].[K+].[OH-].[OH-]. The molecule has 0 fully saturated rings. The van der Waals surface area contributed by atoms with E-state index in [-0.39, 0.29) is 125 Å². The molecular weight excluding hydrogens is 804 g/mol. The van der Waals surface area contributed by atoms with Crippen molar-refractivity contribution in [2.45, 2.75) is 25.6 Å². The number of allylic oxidation sites excluding steroid dienone is 1. The Labute approximate surface area is 373 Å². The standard InChI is InChI=1S/C9H8F4O2.C8H10O.C7H8O2.C3F6.C2F4.2K.2H2O/c1-14-6-2-4-7(5-3-6)15-9(12,13)8(10)11;1-7-3-5-8(9-2)6-4-7;1-9-7-4-2-6(8)3-5-7;4-1(2(5)6)3(7,8)9;3-1(4)2(5)6;;;;/h2-5,8H,1H3;3-6H,1-2H3;2-5,8H,1H3;;;;;2*1H2/q;;;;;2*+1;;/p-2. The van der Waals surface area contributed by atoms with E-state index in [4.69, 9.17) is 19.3 Å². The van der Waals surface area contributed by atoms with Gasteiger partial charge in [-0.15, -0.1) is 0 Å². The van der Waals surface area contributed by atoms with Crippen molar-refractivity contribution in [3.63, 3.8) is 0 Å². The number of halogens is 14. The van der Waals surface area contributed by atoms with Crippen molar-refractivity contribution in [3.05, 3.63) is 102 Å². The Balaban J connectivity index is -0.000000129. The summed E-state index contributed by atoms with van der Waals surface area (Å²) < 4.78 is 173. The van der Waals surface area contributed by atoms with Gasteiger partial charge in [0.15, 0.2) is 0 Å². The molecule has 0 saturated heterocycles. The van der Waals surface area contributed by atoms with E-state index in [9.17, 15) is 61.5 Å². The number of hydrogen-bond acceptors (Lipinski definition) is 7. The molecule has 0 bridgehead atoms. The number of aryl methyl sites for hydroxylation is 1. The van der Waals surface area contributed by atoms with Crippen LogP contribution in [0.4, 0.5) is 61.5 Å². The van der Waals surface area contributed by atoms with E-state index in [1.165, 1.54) is 24.8 Å². The maximum absolute atomic E-state index is 12.4. The first kappa shape index (κ1) is 62.3. The number of phenolic OH excluding ortho intramolecular Hbond substituents is 1. The minimum Gasteiger partial charge on any atom is -0.870 e. The maximum Gasteiger partial charge on any atom is 1.00 e. The quantitative estimate of drug-likeness (QED) is 0.285. The van der Waals surface area contributed by atoms with Crippen LogP contribution in [0.15, 0.2) is 96.9 Å². The van der Waals surface area contributed by atoms with Crippen LogP contribution >= 0.6 is 0 Å². The van der Waals surface area contributed by atoms with Gasteiger partial charge in [-0.25, -0.2) is 0 Å². The number of phenols is 1. The van der Waals surface area contributed by atoms with Crippen LogP contribution in [-0.2, 0) is 0 Å². The van der Waals surface area contributed by atoms with E-state index in [1.54, 1.807) is 38.5 Å². The van der Waals surface area contributed by atoms with E-state index < -0.39 is 42.8 Å². The van der Waals surface area contributed by atoms with Crippen LogP contribution < -0.4 is 122 Å². The second kappa shape index (κ2) is 32.8. The molecule has 23 heteroatoms. The number of benzene rings is 3. The summed E-state index contributed by atoms with van der Waals surface area (Å²) in [6, 6.07) is 19.4. The summed E-state index contributed by atoms with van der Waals surface area (Å²) in [6.07, 6.45) is -23.1. The number of hydrogen-bond donors (Lipinski definition) is 1. The number of aromatic hydroxyl groups is 1. The average molecular weight is 833 g/mol. The van der Waals surface area contributed by atoms with Crippen LogP contribution in [0, 0.1) is 6.92 Å². The van der Waals surface area contributed by atoms with Crippen molar-refractivity contribution in [3.8, 4) is 28.7 Å². The summed E-state index contributed by atoms with van der Waals surface area (Å²) in [5, 5.41) is 8.80. The number of ether oxygens (including phenoxy) is 4. The van der Waals surface area contributed by atoms with Crippen LogP contribution in [-0.4, -0.2) is 56.1 Å². The minimum absolute atomic E-state index is 0. The molecule has 3 N–H and O–H groups in total. The van der Waals surface area contributed by atoms with Crippen LogP contribution in [0.3, 0.4) is 0 Å². The molecule has 52 heavy (non-hydrogen) atoms. The molecule has 0 unspecified atom stereocenters. The van der Waals surface area contributed by atoms with Crippen LogP contribution in [0.5, 0.6) is 28.7 Å². The third-order valence-electron chi connectivity index (χ3n) is 4.45. The molecule has 0 amide bonds. The maximum atomic E-state index is 12.4. The zero-order chi connectivity index (χ0) is 37.7. The Bertz CT molecular complexity index is 1310. The summed E-state index contributed by atoms with van der Waals surface area (Å²) in [5.41, 5.74) is 1.26. The van der Waals surface area contributed by atoms with Gasteiger partial charge >= 0.3 is 140 Å². The predicted molar refractivity (Wildman–Crippen MR) is 149 cm³/mol. The molecule has 0 atom stereocenters. The van der Waals surface area contributed by atoms with Crippen molar-refractivity contribution in [1.29, 1.82) is 0 Å². The summed E-state index contributed by atoms with van der Waals surface area (Å²) in [4.78, 5) is 0. The van der Waals surface area contributed by atoms with Gasteiger partial charge in [0, 0.05) is 0 Å². The van der Waals surface area contributed by atoms with Crippen molar-refractivity contribution in [2.75, 3.05) is 21.3 Å². The second-order valence-corrected chi connectivity index (χ2v) is 7.95. The fourth-order valence-electron chi connectivity index (χ4n) is 2.21. The topological polar surface area (TPSA) is 117 Å². The van der Waals surface area contributed by atoms with E-state index in [1.807, 2.05) is 24.3 Å².